The molecular formula is C16H24OS. The van der Waals surface area contributed by atoms with E-state index in [0.717, 1.165) is 17.2 Å². The Balaban J connectivity index is 2.20. The van der Waals surface area contributed by atoms with Crippen LogP contribution in [0.25, 0.3) is 0 Å². The molecule has 1 aromatic rings. The lowest BCUT2D eigenvalue weighted by molar-refractivity contribution is 0.241. The first-order valence-electron chi connectivity index (χ1n) is 7.05. The van der Waals surface area contributed by atoms with E-state index in [9.17, 15) is 4.21 Å². The third-order valence-corrected chi connectivity index (χ3v) is 6.04. The van der Waals surface area contributed by atoms with Gasteiger partial charge in [0.2, 0.25) is 0 Å². The van der Waals surface area contributed by atoms with Crippen molar-refractivity contribution in [1.29, 1.82) is 0 Å². The molecule has 4 unspecified atom stereocenters. The topological polar surface area (TPSA) is 17.1 Å². The summed E-state index contributed by atoms with van der Waals surface area (Å²) in [6.45, 7) is 6.84. The minimum Gasteiger partial charge on any atom is -0.254 e. The van der Waals surface area contributed by atoms with Gasteiger partial charge in [-0.3, -0.25) is 4.21 Å². The third-order valence-electron chi connectivity index (χ3n) is 4.21. The van der Waals surface area contributed by atoms with Crippen LogP contribution < -0.4 is 0 Å². The Bertz CT molecular complexity index is 399. The lowest BCUT2D eigenvalue weighted by atomic mass is 9.77. The Hall–Kier alpha value is -0.630. The predicted octanol–water partition coefficient (Wildman–Crippen LogP) is 4.26. The van der Waals surface area contributed by atoms with Crippen molar-refractivity contribution < 1.29 is 4.21 Å². The molecule has 1 aliphatic rings. The van der Waals surface area contributed by atoms with Gasteiger partial charge in [-0.15, -0.1) is 0 Å². The van der Waals surface area contributed by atoms with Gasteiger partial charge in [0.15, 0.2) is 0 Å². The highest BCUT2D eigenvalue weighted by Crippen LogP contribution is 2.37. The molecule has 100 valence electrons. The van der Waals surface area contributed by atoms with E-state index < -0.39 is 10.8 Å². The Labute approximate surface area is 113 Å². The quantitative estimate of drug-likeness (QED) is 0.797. The molecule has 0 N–H and O–H groups in total. The zero-order chi connectivity index (χ0) is 13.1. The van der Waals surface area contributed by atoms with E-state index in [1.54, 1.807) is 0 Å². The van der Waals surface area contributed by atoms with Crippen molar-refractivity contribution in [2.24, 2.45) is 17.8 Å². The van der Waals surface area contributed by atoms with E-state index >= 15 is 0 Å². The summed E-state index contributed by atoms with van der Waals surface area (Å²) < 4.78 is 12.8. The van der Waals surface area contributed by atoms with Crippen molar-refractivity contribution in [2.75, 3.05) is 0 Å². The summed E-state index contributed by atoms with van der Waals surface area (Å²) >= 11 is 0. The average Bonchev–Trinajstić information content (AvgIpc) is 2.38. The lowest BCUT2D eigenvalue weighted by Crippen LogP contribution is -2.35. The van der Waals surface area contributed by atoms with Crippen LogP contribution in [-0.2, 0) is 10.8 Å². The first-order valence-corrected chi connectivity index (χ1v) is 8.26. The highest BCUT2D eigenvalue weighted by molar-refractivity contribution is 7.85. The van der Waals surface area contributed by atoms with Gasteiger partial charge in [0.05, 0.1) is 10.8 Å². The maximum atomic E-state index is 12.8. The zero-order valence-electron chi connectivity index (χ0n) is 11.6. The molecule has 1 saturated carbocycles. The molecule has 1 aliphatic carbocycles. The fraction of sp³-hybridized carbons (Fsp3) is 0.625. The lowest BCUT2D eigenvalue weighted by Gasteiger charge is -2.36. The van der Waals surface area contributed by atoms with Crippen molar-refractivity contribution in [3.8, 4) is 0 Å². The van der Waals surface area contributed by atoms with Crippen LogP contribution in [0.15, 0.2) is 35.2 Å². The maximum absolute atomic E-state index is 12.8. The van der Waals surface area contributed by atoms with E-state index in [1.165, 1.54) is 12.8 Å². The van der Waals surface area contributed by atoms with Crippen LogP contribution in [0.5, 0.6) is 0 Å². The van der Waals surface area contributed by atoms with Gasteiger partial charge in [-0.05, 0) is 42.7 Å². The largest absolute Gasteiger partial charge is 0.254 e. The van der Waals surface area contributed by atoms with Crippen molar-refractivity contribution in [3.05, 3.63) is 30.3 Å². The van der Waals surface area contributed by atoms with Crippen molar-refractivity contribution in [2.45, 2.75) is 50.2 Å². The van der Waals surface area contributed by atoms with Crippen LogP contribution in [-0.4, -0.2) is 9.46 Å². The second-order valence-corrected chi connectivity index (χ2v) is 7.65. The van der Waals surface area contributed by atoms with Crippen LogP contribution in [0, 0.1) is 17.8 Å². The molecule has 0 bridgehead atoms. The van der Waals surface area contributed by atoms with Crippen molar-refractivity contribution in [1.82, 2.24) is 0 Å². The van der Waals surface area contributed by atoms with Gasteiger partial charge in [0.25, 0.3) is 0 Å². The number of rotatable bonds is 3. The summed E-state index contributed by atoms with van der Waals surface area (Å²) in [4.78, 5) is 1.00. The van der Waals surface area contributed by atoms with E-state index in [-0.39, 0.29) is 0 Å². The molecule has 1 aromatic carbocycles. The van der Waals surface area contributed by atoms with Gasteiger partial charge in [-0.2, -0.15) is 0 Å². The molecule has 2 heteroatoms. The zero-order valence-corrected chi connectivity index (χ0v) is 12.5. The van der Waals surface area contributed by atoms with Crippen molar-refractivity contribution in [3.63, 3.8) is 0 Å². The highest BCUT2D eigenvalue weighted by atomic mass is 32.2. The minimum absolute atomic E-state index is 0.344. The Morgan fingerprint density at radius 1 is 1.17 bits per heavy atom. The Kier molecular flexibility index (Phi) is 4.60. The molecule has 1 fully saturated rings. The monoisotopic (exact) mass is 264 g/mol. The summed E-state index contributed by atoms with van der Waals surface area (Å²) in [5, 5.41) is 0.344. The van der Waals surface area contributed by atoms with E-state index in [2.05, 4.69) is 20.8 Å². The van der Waals surface area contributed by atoms with E-state index in [4.69, 9.17) is 0 Å². The minimum atomic E-state index is -0.841. The molecule has 2 rings (SSSR count). The summed E-state index contributed by atoms with van der Waals surface area (Å²) in [5.41, 5.74) is 0. The molecule has 4 atom stereocenters. The third kappa shape index (κ3) is 3.03. The fourth-order valence-corrected chi connectivity index (χ4v) is 5.14. The molecular weight excluding hydrogens is 240 g/mol. The Morgan fingerprint density at radius 2 is 1.83 bits per heavy atom. The van der Waals surface area contributed by atoms with Crippen molar-refractivity contribution >= 4 is 10.8 Å². The van der Waals surface area contributed by atoms with Gasteiger partial charge >= 0.3 is 0 Å². The van der Waals surface area contributed by atoms with E-state index in [1.807, 2.05) is 30.3 Å². The molecule has 0 saturated heterocycles. The molecule has 18 heavy (non-hydrogen) atoms. The number of benzene rings is 1. The average molecular weight is 264 g/mol. The summed E-state index contributed by atoms with van der Waals surface area (Å²) in [6, 6.07) is 9.98. The molecule has 0 heterocycles. The summed E-state index contributed by atoms with van der Waals surface area (Å²) in [6.07, 6.45) is 3.65. The second kappa shape index (κ2) is 6.01. The SMILES string of the molecule is CC1CCC(C(C)C)C(S(=O)c2ccccc2)C1. The van der Waals surface area contributed by atoms with Crippen LogP contribution >= 0.6 is 0 Å². The number of hydrogen-bond acceptors (Lipinski definition) is 1. The summed E-state index contributed by atoms with van der Waals surface area (Å²) in [7, 11) is -0.841. The standard InChI is InChI=1S/C16H24OS/c1-12(2)15-10-9-13(3)11-16(15)18(17)14-7-5-4-6-8-14/h4-8,12-13,15-16H,9-11H2,1-3H3. The van der Waals surface area contributed by atoms with Gasteiger partial charge < -0.3 is 0 Å². The maximum Gasteiger partial charge on any atom is 0.0563 e. The fourth-order valence-electron chi connectivity index (χ4n) is 3.09. The van der Waals surface area contributed by atoms with Crippen LogP contribution in [0.4, 0.5) is 0 Å². The Morgan fingerprint density at radius 3 is 2.44 bits per heavy atom. The molecule has 0 aromatic heterocycles. The normalized spacial score (nSPS) is 30.3. The highest BCUT2D eigenvalue weighted by Gasteiger charge is 2.34. The van der Waals surface area contributed by atoms with Crippen LogP contribution in [0.1, 0.15) is 40.0 Å². The molecule has 0 amide bonds. The number of hydrogen-bond donors (Lipinski definition) is 0. The smallest absolute Gasteiger partial charge is 0.0563 e. The summed E-state index contributed by atoms with van der Waals surface area (Å²) in [5.74, 6) is 1.97. The predicted molar refractivity (Wildman–Crippen MR) is 78.0 cm³/mol. The molecule has 0 aliphatic heterocycles. The van der Waals surface area contributed by atoms with E-state index in [0.29, 0.717) is 17.1 Å². The molecule has 1 nitrogen and oxygen atoms in total. The second-order valence-electron chi connectivity index (χ2n) is 5.98. The molecule has 0 spiro atoms. The first-order chi connectivity index (χ1) is 8.59. The van der Waals surface area contributed by atoms with Gasteiger partial charge in [-0.1, -0.05) is 45.4 Å². The van der Waals surface area contributed by atoms with Crippen LogP contribution in [0.3, 0.4) is 0 Å². The van der Waals surface area contributed by atoms with Gasteiger partial charge in [0, 0.05) is 10.1 Å². The first kappa shape index (κ1) is 13.8. The van der Waals surface area contributed by atoms with Gasteiger partial charge in [-0.25, -0.2) is 0 Å². The van der Waals surface area contributed by atoms with Gasteiger partial charge in [0.1, 0.15) is 0 Å². The molecule has 0 radical (unpaired) electrons. The van der Waals surface area contributed by atoms with Crippen LogP contribution in [0.2, 0.25) is 0 Å².